The summed E-state index contributed by atoms with van der Waals surface area (Å²) in [6.45, 7) is 6.80. The van der Waals surface area contributed by atoms with Crippen LogP contribution in [0.3, 0.4) is 0 Å². The molecular formula is C28H30Cl2N6O7. The molecule has 1 fully saturated rings. The average molecular weight is 633 g/mol. The average Bonchev–Trinajstić information content (AvgIpc) is 3.76. The summed E-state index contributed by atoms with van der Waals surface area (Å²) < 4.78 is 16.2. The lowest BCUT2D eigenvalue weighted by molar-refractivity contribution is -0.384. The second-order valence-electron chi connectivity index (χ2n) is 10.6. The maximum absolute atomic E-state index is 13.7. The van der Waals surface area contributed by atoms with Crippen molar-refractivity contribution in [1.29, 1.82) is 0 Å². The normalized spacial score (nSPS) is 12.7. The van der Waals surface area contributed by atoms with Gasteiger partial charge in [0.05, 0.1) is 24.8 Å². The molecule has 0 bridgehead atoms. The predicted octanol–water partition coefficient (Wildman–Crippen LogP) is 7.24. The fourth-order valence-electron chi connectivity index (χ4n) is 4.14. The van der Waals surface area contributed by atoms with Gasteiger partial charge in [-0.05, 0) is 46.1 Å². The first-order chi connectivity index (χ1) is 20.2. The van der Waals surface area contributed by atoms with Crippen molar-refractivity contribution in [2.24, 2.45) is 0 Å². The Morgan fingerprint density at radius 2 is 1.60 bits per heavy atom. The summed E-state index contributed by atoms with van der Waals surface area (Å²) in [6, 6.07) is 6.15. The largest absolute Gasteiger partial charge is 0.494 e. The highest BCUT2D eigenvalue weighted by Crippen LogP contribution is 2.48. The monoisotopic (exact) mass is 632 g/mol. The number of aryl methyl sites for hydroxylation is 1. The number of carbonyl (C=O) groups excluding carboxylic acids is 2. The number of methoxy groups -OCH3 is 2. The molecule has 2 amide bonds. The number of nitro groups is 1. The Hall–Kier alpha value is -4.36. The number of amides is 2. The highest BCUT2D eigenvalue weighted by molar-refractivity contribution is 6.42. The number of nitro benzene ring substituents is 1. The van der Waals surface area contributed by atoms with Crippen LogP contribution in [0.5, 0.6) is 11.5 Å². The van der Waals surface area contributed by atoms with E-state index in [0.29, 0.717) is 11.4 Å². The number of ether oxygens (including phenoxy) is 3. The lowest BCUT2D eigenvalue weighted by atomic mass is 10.1. The Morgan fingerprint density at radius 1 is 1.00 bits per heavy atom. The highest BCUT2D eigenvalue weighted by atomic mass is 35.5. The Labute approximate surface area is 257 Å². The van der Waals surface area contributed by atoms with Gasteiger partial charge in [0.15, 0.2) is 11.5 Å². The third-order valence-corrected chi connectivity index (χ3v) is 6.90. The van der Waals surface area contributed by atoms with E-state index in [4.69, 9.17) is 37.4 Å². The number of aromatic nitrogens is 2. The lowest BCUT2D eigenvalue weighted by Gasteiger charge is -2.22. The van der Waals surface area contributed by atoms with Gasteiger partial charge in [0, 0.05) is 18.1 Å². The van der Waals surface area contributed by atoms with Gasteiger partial charge in [0.2, 0.25) is 0 Å². The molecule has 0 radical (unpaired) electrons. The third-order valence-electron chi connectivity index (χ3n) is 6.18. The fraction of sp³-hybridized carbons (Fsp3) is 0.357. The zero-order valence-electron chi connectivity index (χ0n) is 24.3. The zero-order chi connectivity index (χ0) is 31.6. The van der Waals surface area contributed by atoms with E-state index in [0.717, 1.165) is 12.8 Å². The number of nitrogens with one attached hydrogen (secondary N) is 3. The summed E-state index contributed by atoms with van der Waals surface area (Å²) in [5.41, 5.74) is -0.273. The molecular weight excluding hydrogens is 603 g/mol. The van der Waals surface area contributed by atoms with E-state index in [2.05, 4.69) is 25.9 Å². The molecule has 228 valence electrons. The maximum Gasteiger partial charge on any atom is 0.412 e. The van der Waals surface area contributed by atoms with E-state index >= 15 is 0 Å². The van der Waals surface area contributed by atoms with Gasteiger partial charge in [0.25, 0.3) is 11.6 Å². The number of rotatable bonds is 9. The molecule has 0 saturated heterocycles. The van der Waals surface area contributed by atoms with E-state index in [1.165, 1.54) is 26.4 Å². The SMILES string of the molecule is COc1c(Cl)c(NC(=O)OC(C)(C)C)c(Cl)c(OC)c1C(=O)Nc1cc(Nc2c(C)cccc2[N+](=O)[O-])nc(C2CC2)n1. The topological polar surface area (TPSA) is 167 Å². The Morgan fingerprint density at radius 3 is 2.14 bits per heavy atom. The number of anilines is 4. The predicted molar refractivity (Wildman–Crippen MR) is 162 cm³/mol. The third kappa shape index (κ3) is 7.17. The van der Waals surface area contributed by atoms with Crippen LogP contribution in [0.15, 0.2) is 24.3 Å². The molecule has 4 rings (SSSR count). The van der Waals surface area contributed by atoms with Gasteiger partial charge in [-0.15, -0.1) is 0 Å². The van der Waals surface area contributed by atoms with Crippen LogP contribution in [-0.2, 0) is 4.74 Å². The quantitative estimate of drug-likeness (QED) is 0.161. The van der Waals surface area contributed by atoms with E-state index in [1.807, 2.05) is 0 Å². The number of benzene rings is 2. The van der Waals surface area contributed by atoms with Crippen LogP contribution in [0.2, 0.25) is 10.0 Å². The Kier molecular flexibility index (Phi) is 9.16. The van der Waals surface area contributed by atoms with E-state index in [-0.39, 0.29) is 61.7 Å². The lowest BCUT2D eigenvalue weighted by Crippen LogP contribution is -2.27. The second-order valence-corrected chi connectivity index (χ2v) is 11.4. The molecule has 15 heteroatoms. The number of hydrogen-bond donors (Lipinski definition) is 3. The number of nitrogens with zero attached hydrogens (tertiary/aromatic N) is 3. The van der Waals surface area contributed by atoms with Crippen molar-refractivity contribution in [3.05, 3.63) is 61.4 Å². The molecule has 3 N–H and O–H groups in total. The minimum Gasteiger partial charge on any atom is -0.494 e. The molecule has 0 spiro atoms. The number of halogens is 2. The molecule has 0 unspecified atom stereocenters. The standard InChI is InChI=1S/C28H30Cl2N6O7/c1-13-8-7-9-15(36(39)40)21(13)31-16-12-17(33-25(32-16)14-10-11-14)34-26(37)18-23(41-5)19(29)22(20(30)24(18)42-6)35-27(38)43-28(2,3)4/h7-9,12,14H,10-11H2,1-6H3,(H,35,38)(H2,31,32,33,34,37). The van der Waals surface area contributed by atoms with Crippen LogP contribution >= 0.6 is 23.2 Å². The molecule has 2 aromatic carbocycles. The van der Waals surface area contributed by atoms with E-state index < -0.39 is 22.5 Å². The molecule has 1 heterocycles. The maximum atomic E-state index is 13.7. The molecule has 1 aliphatic rings. The zero-order valence-corrected chi connectivity index (χ0v) is 25.8. The van der Waals surface area contributed by atoms with Gasteiger partial charge in [-0.1, -0.05) is 35.3 Å². The van der Waals surface area contributed by atoms with Gasteiger partial charge in [-0.3, -0.25) is 20.2 Å². The Bertz CT molecular complexity index is 1570. The highest BCUT2D eigenvalue weighted by Gasteiger charge is 2.32. The van der Waals surface area contributed by atoms with Crippen molar-refractivity contribution in [1.82, 2.24) is 9.97 Å². The van der Waals surface area contributed by atoms with Crippen LogP contribution in [0.4, 0.5) is 33.5 Å². The summed E-state index contributed by atoms with van der Waals surface area (Å²) in [5, 5.41) is 19.5. The molecule has 43 heavy (non-hydrogen) atoms. The van der Waals surface area contributed by atoms with E-state index in [1.54, 1.807) is 39.8 Å². The number of carbonyl (C=O) groups is 2. The van der Waals surface area contributed by atoms with Crippen LogP contribution in [0.1, 0.15) is 61.3 Å². The van der Waals surface area contributed by atoms with Gasteiger partial charge < -0.3 is 24.8 Å². The van der Waals surface area contributed by atoms with Crippen molar-refractivity contribution in [2.45, 2.75) is 52.1 Å². The fourth-order valence-corrected chi connectivity index (χ4v) is 4.82. The van der Waals surface area contributed by atoms with Crippen molar-refractivity contribution >= 4 is 63.9 Å². The van der Waals surface area contributed by atoms with Gasteiger partial charge in [0.1, 0.15) is 44.4 Å². The van der Waals surface area contributed by atoms with Crippen molar-refractivity contribution in [2.75, 3.05) is 30.2 Å². The molecule has 1 aromatic heterocycles. The molecule has 0 aliphatic heterocycles. The van der Waals surface area contributed by atoms with E-state index in [9.17, 15) is 19.7 Å². The van der Waals surface area contributed by atoms with Gasteiger partial charge in [-0.25, -0.2) is 14.8 Å². The van der Waals surface area contributed by atoms with Crippen molar-refractivity contribution in [3.8, 4) is 11.5 Å². The Balaban J connectivity index is 1.72. The second kappa shape index (κ2) is 12.5. The minimum atomic E-state index is -0.833. The summed E-state index contributed by atoms with van der Waals surface area (Å²) in [5.74, 6) is -0.105. The molecule has 13 nitrogen and oxygen atoms in total. The van der Waals surface area contributed by atoms with Crippen molar-refractivity contribution in [3.63, 3.8) is 0 Å². The number of hydrogen-bond acceptors (Lipinski definition) is 10. The van der Waals surface area contributed by atoms with Crippen molar-refractivity contribution < 1.29 is 28.7 Å². The summed E-state index contributed by atoms with van der Waals surface area (Å²) in [6.07, 6.45) is 0.890. The van der Waals surface area contributed by atoms with Crippen LogP contribution in [0.25, 0.3) is 0 Å². The van der Waals surface area contributed by atoms with Gasteiger partial charge >= 0.3 is 6.09 Å². The van der Waals surface area contributed by atoms with Crippen LogP contribution in [-0.4, -0.2) is 46.7 Å². The molecule has 3 aromatic rings. The van der Waals surface area contributed by atoms with Crippen LogP contribution < -0.4 is 25.4 Å². The first-order valence-corrected chi connectivity index (χ1v) is 13.8. The first-order valence-electron chi connectivity index (χ1n) is 13.1. The summed E-state index contributed by atoms with van der Waals surface area (Å²) >= 11 is 13.1. The van der Waals surface area contributed by atoms with Crippen LogP contribution in [0, 0.1) is 17.0 Å². The molecule has 1 aliphatic carbocycles. The summed E-state index contributed by atoms with van der Waals surface area (Å²) in [7, 11) is 2.57. The smallest absolute Gasteiger partial charge is 0.412 e. The van der Waals surface area contributed by atoms with Gasteiger partial charge in [-0.2, -0.15) is 0 Å². The first kappa shape index (κ1) is 31.6. The number of para-hydroxylation sites is 1. The summed E-state index contributed by atoms with van der Waals surface area (Å²) in [4.78, 5) is 46.3. The molecule has 1 saturated carbocycles. The molecule has 0 atom stereocenters. The minimum absolute atomic E-state index is 0.0767.